The molecule has 1 saturated heterocycles. The van der Waals surface area contributed by atoms with E-state index in [2.05, 4.69) is 0 Å². The van der Waals surface area contributed by atoms with Crippen molar-refractivity contribution in [2.75, 3.05) is 33.1 Å². The number of fused-ring (bicyclic) bond motifs is 2. The number of allylic oxidation sites excluding steroid dienone is 2. The number of rotatable bonds is 6. The van der Waals surface area contributed by atoms with Crippen LogP contribution in [-0.4, -0.2) is 47.4 Å². The van der Waals surface area contributed by atoms with Crippen molar-refractivity contribution in [1.82, 2.24) is 0 Å². The van der Waals surface area contributed by atoms with Gasteiger partial charge in [0, 0.05) is 17.1 Å². The highest BCUT2D eigenvalue weighted by atomic mass is 32.2. The van der Waals surface area contributed by atoms with Gasteiger partial charge in [-0.05, 0) is 41.8 Å². The quantitative estimate of drug-likeness (QED) is 0.413. The molecule has 2 heterocycles. The van der Waals surface area contributed by atoms with Gasteiger partial charge in [0.2, 0.25) is 6.79 Å². The van der Waals surface area contributed by atoms with Gasteiger partial charge in [0.15, 0.2) is 23.9 Å². The lowest BCUT2D eigenvalue weighted by molar-refractivity contribution is -0.136. The van der Waals surface area contributed by atoms with E-state index in [9.17, 15) is 13.2 Å². The summed E-state index contributed by atoms with van der Waals surface area (Å²) in [6.45, 7) is 1.33. The molecular weight excluding hydrogens is 500 g/mol. The Balaban J connectivity index is 1.63. The van der Waals surface area contributed by atoms with Crippen molar-refractivity contribution in [2.45, 2.75) is 18.4 Å². The van der Waals surface area contributed by atoms with E-state index < -0.39 is 27.6 Å². The van der Waals surface area contributed by atoms with Gasteiger partial charge >= 0.3 is 5.97 Å². The molecule has 10 heteroatoms. The third kappa shape index (κ3) is 3.58. The number of ether oxygens (including phenoxy) is 5. The van der Waals surface area contributed by atoms with Crippen LogP contribution in [0.25, 0.3) is 11.1 Å². The van der Waals surface area contributed by atoms with Gasteiger partial charge in [-0.2, -0.15) is 8.42 Å². The molecule has 2 aliphatic carbocycles. The zero-order valence-corrected chi connectivity index (χ0v) is 21.0. The van der Waals surface area contributed by atoms with E-state index in [0.29, 0.717) is 28.4 Å². The maximum absolute atomic E-state index is 13.4. The molecule has 2 aliphatic heterocycles. The van der Waals surface area contributed by atoms with E-state index in [-0.39, 0.29) is 31.5 Å². The minimum atomic E-state index is -3.81. The lowest BCUT2D eigenvalue weighted by Gasteiger charge is -2.41. The Kier molecular flexibility index (Phi) is 5.63. The van der Waals surface area contributed by atoms with Crippen molar-refractivity contribution < 1.29 is 41.1 Å². The van der Waals surface area contributed by atoms with Gasteiger partial charge in [-0.1, -0.05) is 36.4 Å². The van der Waals surface area contributed by atoms with Crippen molar-refractivity contribution in [3.05, 3.63) is 82.7 Å². The highest BCUT2D eigenvalue weighted by molar-refractivity contribution is 7.86. The van der Waals surface area contributed by atoms with E-state index in [0.717, 1.165) is 16.7 Å². The van der Waals surface area contributed by atoms with Gasteiger partial charge < -0.3 is 23.7 Å². The second kappa shape index (κ2) is 8.76. The molecule has 2 atom stereocenters. The van der Waals surface area contributed by atoms with E-state index >= 15 is 0 Å². The van der Waals surface area contributed by atoms with Gasteiger partial charge in [-0.3, -0.25) is 4.18 Å². The van der Waals surface area contributed by atoms with Crippen molar-refractivity contribution in [1.29, 1.82) is 0 Å². The third-order valence-corrected chi connectivity index (χ3v) is 8.26. The summed E-state index contributed by atoms with van der Waals surface area (Å²) in [7, 11) is -2.52. The molecule has 2 unspecified atom stereocenters. The van der Waals surface area contributed by atoms with Gasteiger partial charge in [-0.25, -0.2) is 4.79 Å². The molecule has 2 aromatic carbocycles. The maximum atomic E-state index is 13.4. The molecule has 0 aromatic heterocycles. The summed E-state index contributed by atoms with van der Waals surface area (Å²) in [6, 6.07) is 11.3. The third-order valence-electron chi connectivity index (χ3n) is 7.06. The van der Waals surface area contributed by atoms with Gasteiger partial charge in [0.05, 0.1) is 25.0 Å². The Hall–Kier alpha value is -3.60. The van der Waals surface area contributed by atoms with Crippen LogP contribution in [0.5, 0.6) is 11.5 Å². The minimum Gasteiger partial charge on any atom is -0.468 e. The Morgan fingerprint density at radius 1 is 1.11 bits per heavy atom. The van der Waals surface area contributed by atoms with E-state index in [1.807, 2.05) is 36.4 Å². The molecule has 37 heavy (non-hydrogen) atoms. The molecule has 9 nitrogen and oxygen atoms in total. The van der Waals surface area contributed by atoms with E-state index in [1.165, 1.54) is 14.0 Å². The zero-order valence-electron chi connectivity index (χ0n) is 20.2. The second-order valence-electron chi connectivity index (χ2n) is 8.81. The van der Waals surface area contributed by atoms with Crippen molar-refractivity contribution in [2.24, 2.45) is 0 Å². The Morgan fingerprint density at radius 2 is 1.95 bits per heavy atom. The molecule has 0 N–H and O–H groups in total. The standard InChI is InChI=1S/C27H24O9S/c1-3-37(29,30)36-13-18-24-17(16-10-11-21-22(12-16)33-14-32-21)6-4-7-19(24)27-20(25(18)26(28)31-2)8-5-9-23(27)34-15-35-27/h4-12,18H,3,13-15H2,1-2H3. The molecule has 0 bridgehead atoms. The SMILES string of the molecule is CCS(=O)(=O)OCC1C(C(=O)OC)=C2C=CC=C3OCOC32c2cccc(-c3ccc4c(c3)OCO4)c21. The summed E-state index contributed by atoms with van der Waals surface area (Å²) in [6.07, 6.45) is 5.36. The van der Waals surface area contributed by atoms with Crippen LogP contribution in [0.15, 0.2) is 71.5 Å². The monoisotopic (exact) mass is 524 g/mol. The first-order valence-corrected chi connectivity index (χ1v) is 13.4. The van der Waals surface area contributed by atoms with Crippen molar-refractivity contribution in [3.63, 3.8) is 0 Å². The fraction of sp³-hybridized carbons (Fsp3) is 0.296. The molecule has 1 fully saturated rings. The lowest BCUT2D eigenvalue weighted by atomic mass is 9.66. The van der Waals surface area contributed by atoms with Crippen molar-refractivity contribution in [3.8, 4) is 22.6 Å². The number of hydrogen-bond acceptors (Lipinski definition) is 9. The predicted molar refractivity (Wildman–Crippen MR) is 131 cm³/mol. The van der Waals surface area contributed by atoms with Gasteiger partial charge in [0.1, 0.15) is 5.76 Å². The van der Waals surface area contributed by atoms with Crippen LogP contribution < -0.4 is 9.47 Å². The molecular formula is C27H24O9S. The number of hydrogen-bond donors (Lipinski definition) is 0. The Labute approximate surface area is 214 Å². The molecule has 6 rings (SSSR count). The van der Waals surface area contributed by atoms with Crippen LogP contribution in [0.2, 0.25) is 0 Å². The Morgan fingerprint density at radius 3 is 2.76 bits per heavy atom. The highest BCUT2D eigenvalue weighted by Gasteiger charge is 2.55. The van der Waals surface area contributed by atoms with Crippen LogP contribution in [0.3, 0.4) is 0 Å². The summed E-state index contributed by atoms with van der Waals surface area (Å²) in [5, 5.41) is 0. The Bertz CT molecular complexity index is 1500. The number of methoxy groups -OCH3 is 1. The molecule has 4 aliphatic rings. The first-order chi connectivity index (χ1) is 17.9. The fourth-order valence-electron chi connectivity index (χ4n) is 5.39. The molecule has 1 spiro atoms. The van der Waals surface area contributed by atoms with Gasteiger partial charge in [0.25, 0.3) is 10.1 Å². The van der Waals surface area contributed by atoms with Crippen LogP contribution in [0.1, 0.15) is 24.0 Å². The molecule has 192 valence electrons. The van der Waals surface area contributed by atoms with Crippen molar-refractivity contribution >= 4 is 16.1 Å². The molecule has 0 radical (unpaired) electrons. The van der Waals surface area contributed by atoms with Gasteiger partial charge in [-0.15, -0.1) is 0 Å². The minimum absolute atomic E-state index is 0.00939. The number of esters is 1. The first-order valence-electron chi connectivity index (χ1n) is 11.8. The normalized spacial score (nSPS) is 23.1. The van der Waals surface area contributed by atoms with Crippen LogP contribution >= 0.6 is 0 Å². The lowest BCUT2D eigenvalue weighted by Crippen LogP contribution is -2.40. The fourth-order valence-corrected chi connectivity index (χ4v) is 5.90. The zero-order chi connectivity index (χ0) is 25.8. The highest BCUT2D eigenvalue weighted by Crippen LogP contribution is 2.57. The summed E-state index contributed by atoms with van der Waals surface area (Å²) < 4.78 is 58.6. The largest absolute Gasteiger partial charge is 0.468 e. The molecule has 0 amide bonds. The van der Waals surface area contributed by atoms with Crippen LogP contribution in [0.4, 0.5) is 0 Å². The number of benzene rings is 2. The number of carbonyl (C=O) groups is 1. The molecule has 2 aromatic rings. The first kappa shape index (κ1) is 23.8. The molecule has 0 saturated carbocycles. The summed E-state index contributed by atoms with van der Waals surface area (Å²) in [4.78, 5) is 13.4. The average Bonchev–Trinajstić information content (AvgIpc) is 3.57. The average molecular weight is 525 g/mol. The summed E-state index contributed by atoms with van der Waals surface area (Å²) >= 11 is 0. The van der Waals surface area contributed by atoms with Crippen LogP contribution in [-0.2, 0) is 38.9 Å². The smallest absolute Gasteiger partial charge is 0.334 e. The number of carbonyl (C=O) groups excluding carboxylic acids is 1. The van der Waals surface area contributed by atoms with E-state index in [4.69, 9.17) is 27.9 Å². The maximum Gasteiger partial charge on any atom is 0.334 e. The van der Waals surface area contributed by atoms with Crippen LogP contribution in [0, 0.1) is 0 Å². The summed E-state index contributed by atoms with van der Waals surface area (Å²) in [5.41, 5.74) is 2.58. The topological polar surface area (TPSA) is 107 Å². The summed E-state index contributed by atoms with van der Waals surface area (Å²) in [5.74, 6) is 0.179. The van der Waals surface area contributed by atoms with E-state index in [1.54, 1.807) is 18.2 Å². The second-order valence-corrected chi connectivity index (χ2v) is 10.7. The predicted octanol–water partition coefficient (Wildman–Crippen LogP) is 3.67.